The number of hydrogen-bond donors (Lipinski definition) is 2. The molecule has 16 nitrogen and oxygen atoms in total. The van der Waals surface area contributed by atoms with Gasteiger partial charge in [-0.3, -0.25) is 9.59 Å². The Morgan fingerprint density at radius 1 is 0.570 bits per heavy atom. The van der Waals surface area contributed by atoms with Crippen molar-refractivity contribution in [3.8, 4) is 0 Å². The molecule has 8 atom stereocenters. The molecule has 2 N–H and O–H groups in total. The highest BCUT2D eigenvalue weighted by atomic mass is 35.5. The average Bonchev–Trinajstić information content (AvgIpc) is 1.90. The van der Waals surface area contributed by atoms with Crippen molar-refractivity contribution >= 4 is 113 Å². The first-order chi connectivity index (χ1) is 40.2. The maximum atomic E-state index is 14.8. The van der Waals surface area contributed by atoms with E-state index in [0.717, 1.165) is 70.6 Å². The summed E-state index contributed by atoms with van der Waals surface area (Å²) in [6, 6.07) is 26.1. The molecular formula is C62H68Cl4N4O12S4. The van der Waals surface area contributed by atoms with Gasteiger partial charge in [0.2, 0.25) is 0 Å². The Hall–Kier alpha value is -5.00. The number of rotatable bonds is 18. The standard InChI is InChI=1S/2C31H34Cl2N2O6S2/c2*1-30(2,3)43(39,40)17-23(18-8-9-18)35-26(19-10-12-21(32)13-11-19)27(20-6-5-7-22(33)14-20)41-31(4,29(35)38)15-25-34-16-24(42-25)28(36)37/h2*5-7,10-14,16,18,23,26-27H,8-9,15,17H2,1-4H3,(H,36,37)/t23-,26?,27-,31+;23-,26?,27-,31-/m11/s1. The van der Waals surface area contributed by atoms with Crippen molar-refractivity contribution in [3.63, 3.8) is 0 Å². The lowest BCUT2D eigenvalue weighted by Crippen LogP contribution is -2.62. The van der Waals surface area contributed by atoms with Crippen LogP contribution in [-0.4, -0.2) is 115 Å². The number of hydrogen-bond acceptors (Lipinski definition) is 14. The van der Waals surface area contributed by atoms with E-state index in [0.29, 0.717) is 30.1 Å². The van der Waals surface area contributed by atoms with Gasteiger partial charge in [0, 0.05) is 45.0 Å². The third-order valence-electron chi connectivity index (χ3n) is 16.3. The molecule has 4 aliphatic rings. The molecule has 2 amide bonds. The summed E-state index contributed by atoms with van der Waals surface area (Å²) in [5.41, 5.74) is -0.0498. The zero-order valence-electron chi connectivity index (χ0n) is 48.6. The Kier molecular flexibility index (Phi) is 19.1. The van der Waals surface area contributed by atoms with Crippen LogP contribution in [0.1, 0.15) is 157 Å². The Balaban J connectivity index is 0.000000205. The zero-order chi connectivity index (χ0) is 62.6. The average molecular weight is 1330 g/mol. The van der Waals surface area contributed by atoms with Crippen LogP contribution in [0.5, 0.6) is 0 Å². The Bertz CT molecular complexity index is 3510. The molecule has 24 heteroatoms. The van der Waals surface area contributed by atoms with Crippen molar-refractivity contribution in [2.75, 3.05) is 11.5 Å². The molecule has 460 valence electrons. The van der Waals surface area contributed by atoms with Crippen LogP contribution >= 0.6 is 69.1 Å². The number of morpholine rings is 2. The molecule has 2 aromatic heterocycles. The second-order valence-corrected chi connectivity index (χ2v) is 34.4. The van der Waals surface area contributed by atoms with Gasteiger partial charge in [-0.25, -0.2) is 36.4 Å². The number of sulfone groups is 2. The first-order valence-corrected chi connectivity index (χ1v) is 34.5. The monoisotopic (exact) mass is 1330 g/mol. The number of thiazole rings is 2. The van der Waals surface area contributed by atoms with E-state index in [1.807, 2.05) is 36.4 Å². The lowest BCUT2D eigenvalue weighted by atomic mass is 9.85. The van der Waals surface area contributed by atoms with Gasteiger partial charge in [-0.2, -0.15) is 0 Å². The maximum Gasteiger partial charge on any atom is 0.347 e. The number of carboxylic acid groups (broad SMARTS) is 2. The number of nitrogens with zero attached hydrogens (tertiary/aromatic N) is 4. The van der Waals surface area contributed by atoms with Gasteiger partial charge in [-0.1, -0.05) is 94.9 Å². The Morgan fingerprint density at radius 2 is 0.907 bits per heavy atom. The molecule has 2 aliphatic carbocycles. The number of ether oxygens (including phenoxy) is 2. The second kappa shape index (κ2) is 25.1. The first-order valence-electron chi connectivity index (χ1n) is 28.0. The largest absolute Gasteiger partial charge is 0.477 e. The normalized spacial score (nSPS) is 23.8. The number of carboxylic acids is 2. The fourth-order valence-corrected chi connectivity index (χ4v) is 16.3. The summed E-state index contributed by atoms with van der Waals surface area (Å²) in [5.74, 6) is -3.36. The number of benzene rings is 4. The van der Waals surface area contributed by atoms with E-state index >= 15 is 0 Å². The number of aromatic nitrogens is 2. The molecule has 86 heavy (non-hydrogen) atoms. The minimum absolute atomic E-state index is 0.00304. The van der Waals surface area contributed by atoms with Crippen LogP contribution in [0.15, 0.2) is 109 Å². The van der Waals surface area contributed by atoms with Crippen LogP contribution in [0.25, 0.3) is 0 Å². The fraction of sp³-hybridized carbons (Fsp3) is 0.452. The third-order valence-corrected chi connectivity index (χ3v) is 24.5. The predicted molar refractivity (Wildman–Crippen MR) is 335 cm³/mol. The van der Waals surface area contributed by atoms with Crippen LogP contribution in [0.2, 0.25) is 20.1 Å². The number of amides is 2. The summed E-state index contributed by atoms with van der Waals surface area (Å²) < 4.78 is 66.2. The minimum Gasteiger partial charge on any atom is -0.477 e. The van der Waals surface area contributed by atoms with E-state index in [4.69, 9.17) is 55.9 Å². The van der Waals surface area contributed by atoms with Crippen molar-refractivity contribution < 1.29 is 55.7 Å². The van der Waals surface area contributed by atoms with Gasteiger partial charge in [0.05, 0.1) is 55.5 Å². The predicted octanol–water partition coefficient (Wildman–Crippen LogP) is 13.6. The summed E-state index contributed by atoms with van der Waals surface area (Å²) in [4.78, 5) is 64.9. The van der Waals surface area contributed by atoms with E-state index in [1.165, 1.54) is 12.4 Å². The number of carbonyl (C=O) groups excluding carboxylic acids is 2. The Labute approximate surface area is 530 Å². The lowest BCUT2D eigenvalue weighted by Gasteiger charge is -2.52. The van der Waals surface area contributed by atoms with E-state index in [-0.39, 0.29) is 57.8 Å². The number of aromatic carboxylic acids is 2. The molecule has 4 fully saturated rings. The highest BCUT2D eigenvalue weighted by Crippen LogP contribution is 2.53. The molecule has 6 aromatic rings. The number of halogens is 4. The number of carbonyl (C=O) groups is 4. The first kappa shape index (κ1) is 65.4. The van der Waals surface area contributed by atoms with E-state index < -0.39 is 88.7 Å². The van der Waals surface area contributed by atoms with Crippen molar-refractivity contribution in [1.82, 2.24) is 19.8 Å². The molecule has 2 saturated carbocycles. The van der Waals surface area contributed by atoms with Crippen LogP contribution in [0, 0.1) is 11.8 Å². The topological polar surface area (TPSA) is 228 Å². The van der Waals surface area contributed by atoms with Gasteiger partial charge in [0.1, 0.15) is 22.0 Å². The quantitative estimate of drug-likeness (QED) is 0.0816. The van der Waals surface area contributed by atoms with Gasteiger partial charge in [0.15, 0.2) is 30.9 Å². The van der Waals surface area contributed by atoms with E-state index in [9.17, 15) is 46.2 Å². The van der Waals surface area contributed by atoms with Crippen LogP contribution < -0.4 is 0 Å². The van der Waals surface area contributed by atoms with E-state index in [2.05, 4.69) is 9.97 Å². The SMILES string of the molecule is CC(C)(C)S(=O)(=O)C[C@H](C1CC1)N1C(=O)[C@@](C)(Cc2ncc(C(=O)O)s2)O[C@H](c2cccc(Cl)c2)C1c1ccc(Cl)cc1.CC(C)(C)S(=O)(=O)C[C@H](C1CC1)N1C(=O)[C@](C)(Cc2ncc(C(=O)O)s2)O[C@H](c2cccc(Cl)c2)C1c1ccc(Cl)cc1. The summed E-state index contributed by atoms with van der Waals surface area (Å²) in [6.07, 6.45) is 4.28. The van der Waals surface area contributed by atoms with Crippen molar-refractivity contribution in [2.24, 2.45) is 11.8 Å². The molecule has 10 rings (SSSR count). The van der Waals surface area contributed by atoms with Crippen molar-refractivity contribution in [2.45, 2.75) is 151 Å². The molecule has 4 heterocycles. The summed E-state index contributed by atoms with van der Waals surface area (Å²) in [7, 11) is -7.26. The van der Waals surface area contributed by atoms with E-state index in [1.54, 1.807) is 126 Å². The highest BCUT2D eigenvalue weighted by Gasteiger charge is 2.58. The molecule has 2 aliphatic heterocycles. The molecule has 0 bridgehead atoms. The second-order valence-electron chi connectivity index (χ2n) is 24.9. The van der Waals surface area contributed by atoms with Crippen LogP contribution in [0.4, 0.5) is 0 Å². The highest BCUT2D eigenvalue weighted by molar-refractivity contribution is 7.93. The van der Waals surface area contributed by atoms with Gasteiger partial charge in [-0.05, 0) is 164 Å². The molecule has 2 unspecified atom stereocenters. The van der Waals surface area contributed by atoms with Crippen LogP contribution in [0.3, 0.4) is 0 Å². The third kappa shape index (κ3) is 14.4. The van der Waals surface area contributed by atoms with Crippen molar-refractivity contribution in [3.05, 3.63) is 172 Å². The maximum absolute atomic E-state index is 14.8. The van der Waals surface area contributed by atoms with Gasteiger partial charge >= 0.3 is 11.9 Å². The Morgan fingerprint density at radius 3 is 1.19 bits per heavy atom. The summed E-state index contributed by atoms with van der Waals surface area (Å²) in [6.45, 7) is 13.4. The summed E-state index contributed by atoms with van der Waals surface area (Å²) >= 11 is 27.4. The minimum atomic E-state index is -3.63. The van der Waals surface area contributed by atoms with Gasteiger partial charge < -0.3 is 29.5 Å². The molecular weight excluding hydrogens is 1260 g/mol. The smallest absolute Gasteiger partial charge is 0.347 e. The molecule has 0 radical (unpaired) electrons. The van der Waals surface area contributed by atoms with Gasteiger partial charge in [0.25, 0.3) is 11.8 Å². The molecule has 2 saturated heterocycles. The fourth-order valence-electron chi connectivity index (χ4n) is 11.0. The molecule has 4 aromatic carbocycles. The van der Waals surface area contributed by atoms with Crippen LogP contribution in [-0.2, 0) is 51.6 Å². The summed E-state index contributed by atoms with van der Waals surface area (Å²) in [5, 5.41) is 21.8. The lowest BCUT2D eigenvalue weighted by molar-refractivity contribution is -0.202. The molecule has 0 spiro atoms. The van der Waals surface area contributed by atoms with Crippen molar-refractivity contribution in [1.29, 1.82) is 0 Å². The van der Waals surface area contributed by atoms with Gasteiger partial charge in [-0.15, -0.1) is 22.7 Å². The zero-order valence-corrected chi connectivity index (χ0v) is 54.9.